The standard InChI is InChI=1S/C13H19N3O/c1-6-12-14-8-10(17-12)9-7-11(13(2,3)4)15-16(9)5/h7-8H,6H2,1-5H3. The van der Waals surface area contributed by atoms with E-state index in [1.807, 2.05) is 18.7 Å². The highest BCUT2D eigenvalue weighted by atomic mass is 16.4. The Labute approximate surface area is 102 Å². The second-order valence-electron chi connectivity index (χ2n) is 5.26. The van der Waals surface area contributed by atoms with E-state index in [2.05, 4.69) is 36.9 Å². The van der Waals surface area contributed by atoms with Crippen LogP contribution in [0.15, 0.2) is 16.7 Å². The monoisotopic (exact) mass is 233 g/mol. The fourth-order valence-corrected chi connectivity index (χ4v) is 1.66. The normalized spacial score (nSPS) is 12.1. The van der Waals surface area contributed by atoms with Crippen LogP contribution in [0.4, 0.5) is 0 Å². The van der Waals surface area contributed by atoms with Crippen LogP contribution in [0.1, 0.15) is 39.3 Å². The van der Waals surface area contributed by atoms with Crippen LogP contribution in [0.5, 0.6) is 0 Å². The Hall–Kier alpha value is -1.58. The SMILES string of the molecule is CCc1ncc(-c2cc(C(C)(C)C)nn2C)o1. The van der Waals surface area contributed by atoms with E-state index in [4.69, 9.17) is 4.42 Å². The van der Waals surface area contributed by atoms with Gasteiger partial charge in [0.15, 0.2) is 11.7 Å². The van der Waals surface area contributed by atoms with Gasteiger partial charge in [0.25, 0.3) is 0 Å². The minimum atomic E-state index is 0.0453. The first-order chi connectivity index (χ1) is 7.91. The molecule has 0 atom stereocenters. The van der Waals surface area contributed by atoms with Crippen molar-refractivity contribution in [3.05, 3.63) is 23.8 Å². The molecule has 4 heteroatoms. The summed E-state index contributed by atoms with van der Waals surface area (Å²) >= 11 is 0. The molecule has 0 N–H and O–H groups in total. The van der Waals surface area contributed by atoms with Gasteiger partial charge in [0, 0.05) is 18.9 Å². The zero-order valence-corrected chi connectivity index (χ0v) is 11.1. The third kappa shape index (κ3) is 2.25. The molecule has 0 aliphatic carbocycles. The lowest BCUT2D eigenvalue weighted by atomic mass is 9.92. The first kappa shape index (κ1) is 11.9. The van der Waals surface area contributed by atoms with E-state index >= 15 is 0 Å². The minimum absolute atomic E-state index is 0.0453. The highest BCUT2D eigenvalue weighted by molar-refractivity contribution is 5.52. The topological polar surface area (TPSA) is 43.9 Å². The molecule has 0 fully saturated rings. The predicted molar refractivity (Wildman–Crippen MR) is 66.8 cm³/mol. The fourth-order valence-electron chi connectivity index (χ4n) is 1.66. The summed E-state index contributed by atoms with van der Waals surface area (Å²) in [5.41, 5.74) is 2.08. The molecule has 0 saturated heterocycles. The lowest BCUT2D eigenvalue weighted by Crippen LogP contribution is -2.12. The van der Waals surface area contributed by atoms with Gasteiger partial charge in [-0.2, -0.15) is 5.10 Å². The molecule has 0 radical (unpaired) electrons. The van der Waals surface area contributed by atoms with Crippen LogP contribution < -0.4 is 0 Å². The maximum atomic E-state index is 5.65. The number of hydrogen-bond acceptors (Lipinski definition) is 3. The van der Waals surface area contributed by atoms with E-state index in [1.165, 1.54) is 0 Å². The molecule has 0 amide bonds. The van der Waals surface area contributed by atoms with Crippen LogP contribution in [0.25, 0.3) is 11.5 Å². The van der Waals surface area contributed by atoms with Gasteiger partial charge in [-0.05, 0) is 6.07 Å². The van der Waals surface area contributed by atoms with Crippen molar-refractivity contribution in [1.29, 1.82) is 0 Å². The van der Waals surface area contributed by atoms with E-state index in [9.17, 15) is 0 Å². The molecular weight excluding hydrogens is 214 g/mol. The Morgan fingerprint density at radius 3 is 2.53 bits per heavy atom. The average molecular weight is 233 g/mol. The van der Waals surface area contributed by atoms with Crippen molar-refractivity contribution in [2.45, 2.75) is 39.5 Å². The van der Waals surface area contributed by atoms with Crippen molar-refractivity contribution < 1.29 is 4.42 Å². The molecule has 0 bridgehead atoms. The Morgan fingerprint density at radius 2 is 2.06 bits per heavy atom. The lowest BCUT2D eigenvalue weighted by molar-refractivity contribution is 0.508. The average Bonchev–Trinajstić information content (AvgIpc) is 2.82. The van der Waals surface area contributed by atoms with E-state index in [-0.39, 0.29) is 5.41 Å². The zero-order chi connectivity index (χ0) is 12.6. The minimum Gasteiger partial charge on any atom is -0.439 e. The van der Waals surface area contributed by atoms with Crippen molar-refractivity contribution in [2.75, 3.05) is 0 Å². The Morgan fingerprint density at radius 1 is 1.35 bits per heavy atom. The first-order valence-corrected chi connectivity index (χ1v) is 5.91. The summed E-state index contributed by atoms with van der Waals surface area (Å²) in [5.74, 6) is 1.55. The molecule has 2 aromatic heterocycles. The third-order valence-electron chi connectivity index (χ3n) is 2.76. The van der Waals surface area contributed by atoms with Crippen molar-refractivity contribution in [1.82, 2.24) is 14.8 Å². The Balaban J connectivity index is 2.42. The number of nitrogens with zero attached hydrogens (tertiary/aromatic N) is 3. The lowest BCUT2D eigenvalue weighted by Gasteiger charge is -2.13. The number of hydrogen-bond donors (Lipinski definition) is 0. The number of oxazole rings is 1. The molecule has 2 rings (SSSR count). The van der Waals surface area contributed by atoms with Crippen molar-refractivity contribution in [3.63, 3.8) is 0 Å². The summed E-state index contributed by atoms with van der Waals surface area (Å²) in [4.78, 5) is 4.22. The fraction of sp³-hybridized carbons (Fsp3) is 0.538. The molecule has 0 aromatic carbocycles. The molecular formula is C13H19N3O. The quantitative estimate of drug-likeness (QED) is 0.801. The van der Waals surface area contributed by atoms with Crippen LogP contribution in [-0.4, -0.2) is 14.8 Å². The van der Waals surface area contributed by atoms with Crippen molar-refractivity contribution in [3.8, 4) is 11.5 Å². The number of rotatable bonds is 2. The highest BCUT2D eigenvalue weighted by Gasteiger charge is 2.20. The molecule has 4 nitrogen and oxygen atoms in total. The molecule has 0 unspecified atom stereocenters. The van der Waals surface area contributed by atoms with Crippen molar-refractivity contribution >= 4 is 0 Å². The summed E-state index contributed by atoms with van der Waals surface area (Å²) in [6.07, 6.45) is 2.58. The van der Waals surface area contributed by atoms with Gasteiger partial charge in [0.05, 0.1) is 11.9 Å². The summed E-state index contributed by atoms with van der Waals surface area (Å²) in [6.45, 7) is 8.48. The summed E-state index contributed by atoms with van der Waals surface area (Å²) in [7, 11) is 1.93. The Bertz CT molecular complexity index is 517. The largest absolute Gasteiger partial charge is 0.439 e. The van der Waals surface area contributed by atoms with E-state index in [0.29, 0.717) is 0 Å². The first-order valence-electron chi connectivity index (χ1n) is 5.91. The van der Waals surface area contributed by atoms with Gasteiger partial charge in [-0.3, -0.25) is 4.68 Å². The third-order valence-corrected chi connectivity index (χ3v) is 2.76. The second-order valence-corrected chi connectivity index (χ2v) is 5.26. The van der Waals surface area contributed by atoms with Gasteiger partial charge < -0.3 is 4.42 Å². The highest BCUT2D eigenvalue weighted by Crippen LogP contribution is 2.27. The van der Waals surface area contributed by atoms with Crippen molar-refractivity contribution in [2.24, 2.45) is 7.05 Å². The smallest absolute Gasteiger partial charge is 0.194 e. The summed E-state index contributed by atoms with van der Waals surface area (Å²) < 4.78 is 7.50. The van der Waals surface area contributed by atoms with Crippen LogP contribution in [0.2, 0.25) is 0 Å². The molecule has 0 aliphatic rings. The van der Waals surface area contributed by atoms with Gasteiger partial charge in [-0.1, -0.05) is 27.7 Å². The van der Waals surface area contributed by atoms with Crippen LogP contribution >= 0.6 is 0 Å². The van der Waals surface area contributed by atoms with E-state index in [1.54, 1.807) is 6.20 Å². The van der Waals surface area contributed by atoms with Crippen LogP contribution in [0, 0.1) is 0 Å². The molecule has 92 valence electrons. The van der Waals surface area contributed by atoms with Crippen LogP contribution in [-0.2, 0) is 18.9 Å². The number of aryl methyl sites for hydroxylation is 2. The van der Waals surface area contributed by atoms with Gasteiger partial charge in [0.2, 0.25) is 0 Å². The van der Waals surface area contributed by atoms with Gasteiger partial charge >= 0.3 is 0 Å². The molecule has 2 heterocycles. The maximum Gasteiger partial charge on any atom is 0.194 e. The Kier molecular flexibility index (Phi) is 2.81. The molecule has 0 saturated carbocycles. The second kappa shape index (κ2) is 4.02. The van der Waals surface area contributed by atoms with Crippen LogP contribution in [0.3, 0.4) is 0 Å². The van der Waals surface area contributed by atoms with Gasteiger partial charge in [-0.15, -0.1) is 0 Å². The molecule has 2 aromatic rings. The summed E-state index contributed by atoms with van der Waals surface area (Å²) in [6, 6.07) is 2.07. The van der Waals surface area contributed by atoms with Gasteiger partial charge in [0.1, 0.15) is 5.69 Å². The zero-order valence-electron chi connectivity index (χ0n) is 11.1. The maximum absolute atomic E-state index is 5.65. The molecule has 17 heavy (non-hydrogen) atoms. The summed E-state index contributed by atoms with van der Waals surface area (Å²) in [5, 5.41) is 4.52. The molecule has 0 aliphatic heterocycles. The predicted octanol–water partition coefficient (Wildman–Crippen LogP) is 2.94. The van der Waals surface area contributed by atoms with E-state index in [0.717, 1.165) is 29.5 Å². The van der Waals surface area contributed by atoms with Gasteiger partial charge in [-0.25, -0.2) is 4.98 Å². The molecule has 0 spiro atoms. The van der Waals surface area contributed by atoms with E-state index < -0.39 is 0 Å². The number of aromatic nitrogens is 3.